The maximum Gasteiger partial charge on any atom is 0.271 e. The Morgan fingerprint density at radius 2 is 2.08 bits per heavy atom. The summed E-state index contributed by atoms with van der Waals surface area (Å²) in [5.41, 5.74) is 2.19. The van der Waals surface area contributed by atoms with Gasteiger partial charge < -0.3 is 14.4 Å². The van der Waals surface area contributed by atoms with E-state index in [-0.39, 0.29) is 5.91 Å². The maximum atomic E-state index is 12.6. The number of carbonyl (C=O) groups excluding carboxylic acids is 1. The van der Waals surface area contributed by atoms with Gasteiger partial charge in [0, 0.05) is 37.8 Å². The first-order chi connectivity index (χ1) is 12.2. The molecule has 4 rings (SSSR count). The second-order valence-electron chi connectivity index (χ2n) is 6.41. The van der Waals surface area contributed by atoms with Crippen LogP contribution in [-0.2, 0) is 4.74 Å². The van der Waals surface area contributed by atoms with Crippen molar-refractivity contribution in [3.63, 3.8) is 0 Å². The van der Waals surface area contributed by atoms with Gasteiger partial charge in [-0.05, 0) is 18.2 Å². The maximum absolute atomic E-state index is 12.6. The zero-order valence-corrected chi connectivity index (χ0v) is 14.3. The highest BCUT2D eigenvalue weighted by Gasteiger charge is 2.36. The van der Waals surface area contributed by atoms with Crippen molar-refractivity contribution in [2.24, 2.45) is 0 Å². The van der Waals surface area contributed by atoms with E-state index in [4.69, 9.17) is 9.47 Å². The molecule has 2 aromatic rings. The molecule has 1 N–H and O–H groups in total. The number of morpholine rings is 1. The van der Waals surface area contributed by atoms with E-state index in [9.17, 15) is 4.79 Å². The van der Waals surface area contributed by atoms with E-state index in [1.807, 2.05) is 29.2 Å². The number of likely N-dealkylation sites (tertiary alicyclic amines) is 1. The van der Waals surface area contributed by atoms with E-state index in [2.05, 4.69) is 15.1 Å². The number of carbonyl (C=O) groups is 1. The lowest BCUT2D eigenvalue weighted by atomic mass is 10.1. The molecule has 2 aliphatic rings. The molecular weight excluding hydrogens is 320 g/mol. The van der Waals surface area contributed by atoms with Gasteiger partial charge in [-0.15, -0.1) is 0 Å². The minimum absolute atomic E-state index is 0.00570. The summed E-state index contributed by atoms with van der Waals surface area (Å²) >= 11 is 0. The van der Waals surface area contributed by atoms with Crippen LogP contribution in [0.15, 0.2) is 30.3 Å². The summed E-state index contributed by atoms with van der Waals surface area (Å²) < 4.78 is 10.6. The molecule has 25 heavy (non-hydrogen) atoms. The van der Waals surface area contributed by atoms with Crippen molar-refractivity contribution in [2.45, 2.75) is 6.04 Å². The molecule has 1 aromatic carbocycles. The van der Waals surface area contributed by atoms with Crippen LogP contribution in [0.5, 0.6) is 5.75 Å². The summed E-state index contributed by atoms with van der Waals surface area (Å²) in [4.78, 5) is 16.9. The van der Waals surface area contributed by atoms with Gasteiger partial charge in [0.15, 0.2) is 0 Å². The number of rotatable bonds is 4. The number of hydrogen-bond donors (Lipinski definition) is 1. The number of nitrogens with one attached hydrogen (secondary N) is 1. The van der Waals surface area contributed by atoms with Gasteiger partial charge in [0.25, 0.3) is 5.91 Å². The highest BCUT2D eigenvalue weighted by Crippen LogP contribution is 2.24. The summed E-state index contributed by atoms with van der Waals surface area (Å²) in [7, 11) is 1.63. The number of benzene rings is 1. The van der Waals surface area contributed by atoms with Crippen LogP contribution in [0.3, 0.4) is 0 Å². The molecule has 2 aliphatic heterocycles. The SMILES string of the molecule is COc1cccc(-c2cc(C(=O)N3CC(N4CCOCC4)C3)[nH]n2)c1. The zero-order chi connectivity index (χ0) is 17.2. The minimum atomic E-state index is 0.00570. The number of aromatic nitrogens is 2. The average Bonchev–Trinajstić information content (AvgIpc) is 3.11. The molecule has 7 heteroatoms. The lowest BCUT2D eigenvalue weighted by Gasteiger charge is -2.46. The Balaban J connectivity index is 1.39. The molecule has 1 amide bonds. The van der Waals surface area contributed by atoms with Crippen LogP contribution in [0.1, 0.15) is 10.5 Å². The first kappa shape index (κ1) is 16.1. The first-order valence-corrected chi connectivity index (χ1v) is 8.55. The summed E-state index contributed by atoms with van der Waals surface area (Å²) in [5.74, 6) is 0.774. The minimum Gasteiger partial charge on any atom is -0.497 e. The van der Waals surface area contributed by atoms with Crippen LogP contribution in [0, 0.1) is 0 Å². The number of hydrogen-bond acceptors (Lipinski definition) is 5. The quantitative estimate of drug-likeness (QED) is 0.905. The Labute approximate surface area is 146 Å². The second-order valence-corrected chi connectivity index (χ2v) is 6.41. The van der Waals surface area contributed by atoms with Crippen LogP contribution in [0.25, 0.3) is 11.3 Å². The molecule has 3 heterocycles. The van der Waals surface area contributed by atoms with Crippen LogP contribution in [0.2, 0.25) is 0 Å². The molecule has 0 spiro atoms. The van der Waals surface area contributed by atoms with E-state index in [0.29, 0.717) is 11.7 Å². The third-order valence-corrected chi connectivity index (χ3v) is 4.89. The summed E-state index contributed by atoms with van der Waals surface area (Å²) in [5, 5.41) is 7.15. The van der Waals surface area contributed by atoms with Gasteiger partial charge in [-0.25, -0.2) is 0 Å². The molecule has 7 nitrogen and oxygen atoms in total. The Morgan fingerprint density at radius 3 is 2.84 bits per heavy atom. The smallest absolute Gasteiger partial charge is 0.271 e. The molecule has 132 valence electrons. The largest absolute Gasteiger partial charge is 0.497 e. The fourth-order valence-corrected chi connectivity index (χ4v) is 3.33. The lowest BCUT2D eigenvalue weighted by molar-refractivity contribution is -0.0257. The Bertz CT molecular complexity index is 748. The van der Waals surface area contributed by atoms with Crippen molar-refractivity contribution < 1.29 is 14.3 Å². The van der Waals surface area contributed by atoms with Crippen molar-refractivity contribution in [2.75, 3.05) is 46.5 Å². The van der Waals surface area contributed by atoms with Gasteiger partial charge in [0.1, 0.15) is 11.4 Å². The van der Waals surface area contributed by atoms with E-state index < -0.39 is 0 Å². The molecule has 0 saturated carbocycles. The Morgan fingerprint density at radius 1 is 1.28 bits per heavy atom. The van der Waals surface area contributed by atoms with Gasteiger partial charge >= 0.3 is 0 Å². The molecular formula is C18H22N4O3. The van der Waals surface area contributed by atoms with Crippen molar-refractivity contribution in [1.82, 2.24) is 20.0 Å². The van der Waals surface area contributed by atoms with Gasteiger partial charge in [-0.1, -0.05) is 12.1 Å². The highest BCUT2D eigenvalue weighted by molar-refractivity contribution is 5.94. The van der Waals surface area contributed by atoms with E-state index in [0.717, 1.165) is 56.4 Å². The van der Waals surface area contributed by atoms with Crippen LogP contribution in [-0.4, -0.2) is 78.4 Å². The second kappa shape index (κ2) is 6.85. The molecule has 0 bridgehead atoms. The van der Waals surface area contributed by atoms with Crippen molar-refractivity contribution in [3.05, 3.63) is 36.0 Å². The Hall–Kier alpha value is -2.38. The van der Waals surface area contributed by atoms with Gasteiger partial charge in [0.2, 0.25) is 0 Å². The predicted octanol–water partition coefficient (Wildman–Crippen LogP) is 1.24. The number of methoxy groups -OCH3 is 1. The molecule has 0 unspecified atom stereocenters. The standard InChI is InChI=1S/C18H22N4O3/c1-24-15-4-2-3-13(9-15)16-10-17(20-19-16)18(23)22-11-14(12-22)21-5-7-25-8-6-21/h2-4,9-10,14H,5-8,11-12H2,1H3,(H,19,20). The van der Waals surface area contributed by atoms with Crippen LogP contribution in [0.4, 0.5) is 0 Å². The predicted molar refractivity (Wildman–Crippen MR) is 92.7 cm³/mol. The normalized spacial score (nSPS) is 18.8. The van der Waals surface area contributed by atoms with Gasteiger partial charge in [0.05, 0.1) is 26.0 Å². The number of aromatic amines is 1. The fourth-order valence-electron chi connectivity index (χ4n) is 3.33. The molecule has 2 saturated heterocycles. The van der Waals surface area contributed by atoms with Crippen molar-refractivity contribution in [3.8, 4) is 17.0 Å². The van der Waals surface area contributed by atoms with Gasteiger partial charge in [-0.3, -0.25) is 14.8 Å². The zero-order valence-electron chi connectivity index (χ0n) is 14.3. The van der Waals surface area contributed by atoms with E-state index in [1.54, 1.807) is 13.2 Å². The van der Waals surface area contributed by atoms with Crippen LogP contribution >= 0.6 is 0 Å². The number of amides is 1. The lowest BCUT2D eigenvalue weighted by Crippen LogP contribution is -2.62. The highest BCUT2D eigenvalue weighted by atomic mass is 16.5. The third kappa shape index (κ3) is 3.25. The van der Waals surface area contributed by atoms with Crippen molar-refractivity contribution >= 4 is 5.91 Å². The molecule has 0 aliphatic carbocycles. The van der Waals surface area contributed by atoms with Crippen molar-refractivity contribution in [1.29, 1.82) is 0 Å². The third-order valence-electron chi connectivity index (χ3n) is 4.89. The molecule has 0 atom stereocenters. The van der Waals surface area contributed by atoms with Gasteiger partial charge in [-0.2, -0.15) is 5.10 Å². The van der Waals surface area contributed by atoms with E-state index >= 15 is 0 Å². The molecule has 2 fully saturated rings. The number of H-pyrrole nitrogens is 1. The van der Waals surface area contributed by atoms with E-state index in [1.165, 1.54) is 0 Å². The summed E-state index contributed by atoms with van der Waals surface area (Å²) in [6, 6.07) is 9.90. The number of ether oxygens (including phenoxy) is 2. The summed E-state index contributed by atoms with van der Waals surface area (Å²) in [6.07, 6.45) is 0. The average molecular weight is 342 g/mol. The molecule has 1 aromatic heterocycles. The number of nitrogens with zero attached hydrogens (tertiary/aromatic N) is 3. The first-order valence-electron chi connectivity index (χ1n) is 8.55. The monoisotopic (exact) mass is 342 g/mol. The molecule has 0 radical (unpaired) electrons. The topological polar surface area (TPSA) is 70.7 Å². The Kier molecular flexibility index (Phi) is 4.42. The van der Waals surface area contributed by atoms with Crippen LogP contribution < -0.4 is 4.74 Å². The summed E-state index contributed by atoms with van der Waals surface area (Å²) in [6.45, 7) is 5.02. The fraction of sp³-hybridized carbons (Fsp3) is 0.444.